The summed E-state index contributed by atoms with van der Waals surface area (Å²) in [7, 11) is 0. The van der Waals surface area contributed by atoms with E-state index >= 15 is 0 Å². The summed E-state index contributed by atoms with van der Waals surface area (Å²) in [5, 5.41) is 9.52. The molecule has 0 spiro atoms. The van der Waals surface area contributed by atoms with Crippen molar-refractivity contribution in [2.45, 2.75) is 25.4 Å². The average molecular weight is 280 g/mol. The number of carbonyl (C=O) groups is 1. The van der Waals surface area contributed by atoms with Gasteiger partial charge in [-0.05, 0) is 24.6 Å². The number of hydrogen-bond donors (Lipinski definition) is 1. The van der Waals surface area contributed by atoms with Crippen LogP contribution in [0.3, 0.4) is 0 Å². The third kappa shape index (κ3) is 3.92. The van der Waals surface area contributed by atoms with Gasteiger partial charge in [-0.25, -0.2) is 9.18 Å². The molecule has 0 unspecified atom stereocenters. The molecule has 0 bridgehead atoms. The van der Waals surface area contributed by atoms with Crippen LogP contribution in [0.1, 0.15) is 24.2 Å². The quantitative estimate of drug-likeness (QED) is 0.681. The van der Waals surface area contributed by atoms with Crippen LogP contribution in [0.4, 0.5) is 17.6 Å². The lowest BCUT2D eigenvalue weighted by Gasteiger charge is -2.15. The number of halogens is 4. The number of esters is 1. The van der Waals surface area contributed by atoms with Crippen molar-refractivity contribution >= 4 is 5.97 Å². The van der Waals surface area contributed by atoms with Crippen LogP contribution in [0.15, 0.2) is 24.3 Å². The van der Waals surface area contributed by atoms with E-state index in [1.54, 1.807) is 0 Å². The number of ether oxygens (including phenoxy) is 1. The summed E-state index contributed by atoms with van der Waals surface area (Å²) in [5.41, 5.74) is -1.05. The van der Waals surface area contributed by atoms with Crippen LogP contribution in [-0.2, 0) is 15.7 Å². The Labute approximate surface area is 106 Å². The predicted octanol–water partition coefficient (Wildman–Crippen LogP) is 2.64. The largest absolute Gasteiger partial charge is 0.464 e. The Balaban J connectivity index is 2.83. The number of hydrogen-bond acceptors (Lipinski definition) is 3. The number of alkyl halides is 4. The molecule has 0 fully saturated rings. The first-order chi connectivity index (χ1) is 8.77. The maximum atomic E-state index is 13.5. The molecular weight excluding hydrogens is 268 g/mol. The smallest absolute Gasteiger partial charge is 0.416 e. The van der Waals surface area contributed by atoms with Gasteiger partial charge in [-0.3, -0.25) is 0 Å². The molecule has 0 aliphatic rings. The molecule has 0 aliphatic heterocycles. The zero-order valence-electron chi connectivity index (χ0n) is 9.95. The summed E-state index contributed by atoms with van der Waals surface area (Å²) in [5.74, 6) is -1.25. The van der Waals surface area contributed by atoms with E-state index in [4.69, 9.17) is 0 Å². The van der Waals surface area contributed by atoms with E-state index in [1.807, 2.05) is 0 Å². The fourth-order valence-electron chi connectivity index (χ4n) is 1.39. The Morgan fingerprint density at radius 3 is 2.26 bits per heavy atom. The normalized spacial score (nSPS) is 14.8. The minimum absolute atomic E-state index is 0.0566. The van der Waals surface area contributed by atoms with Gasteiger partial charge in [0.25, 0.3) is 0 Å². The van der Waals surface area contributed by atoms with Crippen LogP contribution in [-0.4, -0.2) is 23.9 Å². The summed E-state index contributed by atoms with van der Waals surface area (Å²) in [6.45, 7) is 1.41. The van der Waals surface area contributed by atoms with Gasteiger partial charge in [0.15, 0.2) is 0 Å². The first-order valence-electron chi connectivity index (χ1n) is 5.43. The van der Waals surface area contributed by atoms with Crippen LogP contribution in [0.5, 0.6) is 0 Å². The van der Waals surface area contributed by atoms with Crippen LogP contribution >= 0.6 is 0 Å². The van der Waals surface area contributed by atoms with Crippen LogP contribution in [0, 0.1) is 0 Å². The van der Waals surface area contributed by atoms with Crippen molar-refractivity contribution in [2.24, 2.45) is 0 Å². The molecule has 1 rings (SSSR count). The molecule has 106 valence electrons. The number of carbonyl (C=O) groups excluding carboxylic acids is 1. The molecule has 19 heavy (non-hydrogen) atoms. The molecule has 1 N–H and O–H groups in total. The zero-order valence-corrected chi connectivity index (χ0v) is 9.95. The molecule has 1 aromatic rings. The van der Waals surface area contributed by atoms with Crippen molar-refractivity contribution in [3.63, 3.8) is 0 Å². The molecule has 3 nitrogen and oxygen atoms in total. The maximum absolute atomic E-state index is 13.5. The van der Waals surface area contributed by atoms with Crippen LogP contribution in [0.25, 0.3) is 0 Å². The van der Waals surface area contributed by atoms with Gasteiger partial charge in [0.2, 0.25) is 6.17 Å². The molecular formula is C12H12F4O3. The fraction of sp³-hybridized carbons (Fsp3) is 0.417. The van der Waals surface area contributed by atoms with Gasteiger partial charge >= 0.3 is 12.1 Å². The second kappa shape index (κ2) is 6.01. The Kier molecular flexibility index (Phi) is 4.88. The van der Waals surface area contributed by atoms with Crippen molar-refractivity contribution < 1.29 is 32.2 Å². The van der Waals surface area contributed by atoms with Crippen molar-refractivity contribution in [1.29, 1.82) is 0 Å². The first kappa shape index (κ1) is 15.4. The third-order valence-electron chi connectivity index (χ3n) is 2.37. The van der Waals surface area contributed by atoms with Gasteiger partial charge in [-0.2, -0.15) is 13.2 Å². The summed E-state index contributed by atoms with van der Waals surface area (Å²) in [4.78, 5) is 11.0. The summed E-state index contributed by atoms with van der Waals surface area (Å²) >= 11 is 0. The van der Waals surface area contributed by atoms with Gasteiger partial charge in [0.1, 0.15) is 6.10 Å². The molecule has 0 amide bonds. The van der Waals surface area contributed by atoms with E-state index in [0.29, 0.717) is 12.1 Å². The average Bonchev–Trinajstić information content (AvgIpc) is 2.36. The highest BCUT2D eigenvalue weighted by Gasteiger charge is 2.32. The van der Waals surface area contributed by atoms with Crippen LogP contribution < -0.4 is 0 Å². The minimum atomic E-state index is -4.51. The van der Waals surface area contributed by atoms with Gasteiger partial charge in [0, 0.05) is 0 Å². The van der Waals surface area contributed by atoms with Crippen LogP contribution in [0.2, 0.25) is 0 Å². The summed E-state index contributed by atoms with van der Waals surface area (Å²) < 4.78 is 54.7. The molecule has 2 atom stereocenters. The lowest BCUT2D eigenvalue weighted by molar-refractivity contribution is -0.153. The number of rotatable bonds is 4. The van der Waals surface area contributed by atoms with Gasteiger partial charge in [-0.1, -0.05) is 12.1 Å². The van der Waals surface area contributed by atoms with Crippen molar-refractivity contribution in [3.05, 3.63) is 35.4 Å². The highest BCUT2D eigenvalue weighted by Crippen LogP contribution is 2.30. The molecule has 0 aromatic heterocycles. The minimum Gasteiger partial charge on any atom is -0.464 e. The second-order valence-corrected chi connectivity index (χ2v) is 3.72. The molecule has 0 saturated heterocycles. The number of aliphatic hydroxyl groups excluding tert-OH is 1. The van der Waals surface area contributed by atoms with E-state index < -0.39 is 30.0 Å². The lowest BCUT2D eigenvalue weighted by atomic mass is 10.0. The van der Waals surface area contributed by atoms with E-state index in [9.17, 15) is 27.5 Å². The van der Waals surface area contributed by atoms with Crippen molar-refractivity contribution in [2.75, 3.05) is 6.61 Å². The summed E-state index contributed by atoms with van der Waals surface area (Å²) in [6, 6.07) is 3.24. The Bertz CT molecular complexity index is 428. The molecule has 1 aromatic carbocycles. The van der Waals surface area contributed by atoms with E-state index in [1.165, 1.54) is 6.92 Å². The van der Waals surface area contributed by atoms with Gasteiger partial charge in [0.05, 0.1) is 12.2 Å². The Hall–Kier alpha value is -1.63. The highest BCUT2D eigenvalue weighted by molar-refractivity contribution is 5.75. The second-order valence-electron chi connectivity index (χ2n) is 3.72. The fourth-order valence-corrected chi connectivity index (χ4v) is 1.39. The van der Waals surface area contributed by atoms with Gasteiger partial charge < -0.3 is 9.84 Å². The predicted molar refractivity (Wildman–Crippen MR) is 57.9 cm³/mol. The topological polar surface area (TPSA) is 46.5 Å². The molecule has 0 saturated carbocycles. The van der Waals surface area contributed by atoms with Crippen molar-refractivity contribution in [1.82, 2.24) is 0 Å². The molecule has 0 aliphatic carbocycles. The Morgan fingerprint density at radius 1 is 1.32 bits per heavy atom. The summed E-state index contributed by atoms with van der Waals surface area (Å²) in [6.07, 6.45) is -8.71. The highest BCUT2D eigenvalue weighted by atomic mass is 19.4. The zero-order chi connectivity index (χ0) is 14.6. The Morgan fingerprint density at radius 2 is 1.84 bits per heavy atom. The van der Waals surface area contributed by atoms with E-state index in [0.717, 1.165) is 12.1 Å². The monoisotopic (exact) mass is 280 g/mol. The van der Waals surface area contributed by atoms with E-state index in [2.05, 4.69) is 4.74 Å². The van der Waals surface area contributed by atoms with Crippen molar-refractivity contribution in [3.8, 4) is 0 Å². The maximum Gasteiger partial charge on any atom is 0.416 e. The number of aliphatic hydroxyl groups is 1. The lowest BCUT2D eigenvalue weighted by Crippen LogP contribution is -2.26. The molecule has 0 heterocycles. The molecule has 7 heteroatoms. The molecule has 0 radical (unpaired) electrons. The third-order valence-corrected chi connectivity index (χ3v) is 2.37. The van der Waals surface area contributed by atoms with E-state index in [-0.39, 0.29) is 12.2 Å². The first-order valence-corrected chi connectivity index (χ1v) is 5.43. The number of benzene rings is 1. The SMILES string of the molecule is CCOC(=O)[C@H](F)[C@H](O)c1ccc(C(F)(F)F)cc1. The standard InChI is InChI=1S/C12H12F4O3/c1-2-19-11(18)9(13)10(17)7-3-5-8(6-4-7)12(14,15)16/h3-6,9-10,17H,2H2,1H3/t9-,10-/m1/s1. The van der Waals surface area contributed by atoms with Gasteiger partial charge in [-0.15, -0.1) is 0 Å².